The summed E-state index contributed by atoms with van der Waals surface area (Å²) in [6.45, 7) is 26.7. The summed E-state index contributed by atoms with van der Waals surface area (Å²) in [7, 11) is 0. The predicted molar refractivity (Wildman–Crippen MR) is 274 cm³/mol. The Morgan fingerprint density at radius 1 is 0.621 bits per heavy atom. The number of hydrogen-bond donors (Lipinski definition) is 5. The molecule has 0 bridgehead atoms. The number of nitrogen functional groups attached to an aromatic ring is 1. The van der Waals surface area contributed by atoms with E-state index in [-0.39, 0.29) is 63.6 Å². The van der Waals surface area contributed by atoms with E-state index in [9.17, 15) is 30.0 Å². The molecule has 0 saturated carbocycles. The van der Waals surface area contributed by atoms with Crippen LogP contribution < -0.4 is 5.73 Å². The van der Waals surface area contributed by atoms with E-state index in [0.717, 1.165) is 55.2 Å². The minimum Gasteiger partial charge on any atom is -0.511 e. The summed E-state index contributed by atoms with van der Waals surface area (Å²) in [4.78, 5) is 28.7. The predicted octanol–water partition coefficient (Wildman–Crippen LogP) is 13.3. The molecule has 13 heteroatoms. The van der Waals surface area contributed by atoms with Gasteiger partial charge < -0.3 is 35.6 Å². The normalized spacial score (nSPS) is 19.3. The van der Waals surface area contributed by atoms with E-state index in [0.29, 0.717) is 31.4 Å². The average Bonchev–Trinajstić information content (AvgIpc) is 3.87. The third kappa shape index (κ3) is 12.1. The molecule has 2 aromatic heterocycles. The number of aryl methyl sites for hydroxylation is 5. The molecule has 0 fully saturated rings. The first-order chi connectivity index (χ1) is 30.7. The lowest BCUT2D eigenvalue weighted by Gasteiger charge is -2.40. The number of thiophene rings is 2. The highest BCUT2D eigenvalue weighted by Gasteiger charge is 2.46. The van der Waals surface area contributed by atoms with Gasteiger partial charge in [-0.05, 0) is 159 Å². The molecule has 4 heterocycles. The van der Waals surface area contributed by atoms with Gasteiger partial charge in [-0.1, -0.05) is 98.8 Å². The van der Waals surface area contributed by atoms with Crippen molar-refractivity contribution < 1.29 is 39.5 Å². The number of nitrogens with two attached hydrogens (primary N) is 1. The van der Waals surface area contributed by atoms with Gasteiger partial charge in [-0.3, -0.25) is 0 Å². The topological polar surface area (TPSA) is 160 Å². The molecule has 4 aromatic rings. The summed E-state index contributed by atoms with van der Waals surface area (Å²) >= 11 is 5.77. The van der Waals surface area contributed by atoms with Gasteiger partial charge in [-0.2, -0.15) is 22.7 Å². The van der Waals surface area contributed by atoms with Crippen molar-refractivity contribution in [3.8, 4) is 0 Å². The SMILES string of the molecule is Cc1cc(SC2=C(O)CC(CCc3cscc3C)(C(C)C)OC2=O)c(C(C)(C)C)cc1CO.Cc1cc(SC2=C(O)CC(CCc3cscc3CO)(C(C)C)OC2=O)c(C(C)(C)C)cc1N. The fourth-order valence-corrected chi connectivity index (χ4v) is 12.7. The van der Waals surface area contributed by atoms with Crippen LogP contribution in [0.1, 0.15) is 145 Å². The van der Waals surface area contributed by atoms with E-state index in [1.807, 2.05) is 76.6 Å². The van der Waals surface area contributed by atoms with Gasteiger partial charge in [0.25, 0.3) is 0 Å². The Hall–Kier alpha value is -3.72. The number of benzene rings is 2. The Labute approximate surface area is 409 Å². The smallest absolute Gasteiger partial charge is 0.349 e. The van der Waals surface area contributed by atoms with Crippen LogP contribution in [0.4, 0.5) is 5.69 Å². The molecule has 6 N–H and O–H groups in total. The number of hydrogen-bond acceptors (Lipinski definition) is 13. The minimum absolute atomic E-state index is 0.00361. The van der Waals surface area contributed by atoms with Gasteiger partial charge in [0.1, 0.15) is 32.5 Å². The summed E-state index contributed by atoms with van der Waals surface area (Å²) in [5, 5.41) is 49.7. The van der Waals surface area contributed by atoms with Gasteiger partial charge in [-0.15, -0.1) is 0 Å². The number of carbonyl (C=O) groups excluding carboxylic acids is 2. The molecule has 2 aromatic carbocycles. The second-order valence-electron chi connectivity index (χ2n) is 20.6. The first kappa shape index (κ1) is 53.2. The molecular formula is C53H71NO8S4. The van der Waals surface area contributed by atoms with Crippen LogP contribution in [0.25, 0.3) is 0 Å². The van der Waals surface area contributed by atoms with Crippen molar-refractivity contribution in [2.24, 2.45) is 11.8 Å². The van der Waals surface area contributed by atoms with Gasteiger partial charge in [-0.25, -0.2) is 9.59 Å². The van der Waals surface area contributed by atoms with Gasteiger partial charge in [0, 0.05) is 28.3 Å². The fourth-order valence-electron chi connectivity index (χ4n) is 8.40. The Kier molecular flexibility index (Phi) is 17.2. The Morgan fingerprint density at radius 2 is 1.05 bits per heavy atom. The van der Waals surface area contributed by atoms with Gasteiger partial charge in [0.15, 0.2) is 0 Å². The zero-order valence-electron chi connectivity index (χ0n) is 41.1. The van der Waals surface area contributed by atoms with Crippen molar-refractivity contribution in [2.45, 2.75) is 174 Å². The Morgan fingerprint density at radius 3 is 1.47 bits per heavy atom. The second-order valence-corrected chi connectivity index (χ2v) is 24.2. The van der Waals surface area contributed by atoms with E-state index in [2.05, 4.69) is 59.2 Å². The number of anilines is 1. The number of cyclic esters (lactones) is 2. The van der Waals surface area contributed by atoms with E-state index in [4.69, 9.17) is 15.2 Å². The molecule has 2 unspecified atom stereocenters. The highest BCUT2D eigenvalue weighted by atomic mass is 32.2. The standard InChI is InChI=1S/C27H36O4S2.C26H35NO4S2/c1-16(2)27(9-8-19-15-32-14-18(19)4)12-22(29)24(25(30)31-27)33-23-10-17(3)20(13-28)11-21(23)26(5,6)7;1-15(2)26(8-7-17-13-32-14-18(17)12-28)11-21(29)23(24(30)31-26)33-22-9-16(3)20(27)10-19(22)25(4,5)6/h10-11,14-16,28-29H,8-9,12-13H2,1-7H3;9-10,13-15,28-29H,7-8,11-12,27H2,1-6H3. The number of ether oxygens (including phenoxy) is 2. The summed E-state index contributed by atoms with van der Waals surface area (Å²) in [6.07, 6.45) is 3.33. The lowest BCUT2D eigenvalue weighted by atomic mass is 9.80. The van der Waals surface area contributed by atoms with E-state index in [1.54, 1.807) is 22.7 Å². The maximum atomic E-state index is 13.2. The third-order valence-electron chi connectivity index (χ3n) is 13.1. The zero-order chi connectivity index (χ0) is 49.1. The van der Waals surface area contributed by atoms with Crippen LogP contribution in [0.5, 0.6) is 0 Å². The van der Waals surface area contributed by atoms with Crippen LogP contribution in [0.2, 0.25) is 0 Å². The molecule has 6 rings (SSSR count). The molecule has 360 valence electrons. The summed E-state index contributed by atoms with van der Waals surface area (Å²) in [6, 6.07) is 7.94. The molecule has 0 amide bonds. The quantitative estimate of drug-likeness (QED) is 0.0605. The molecule has 2 aliphatic rings. The number of aliphatic hydroxyl groups is 4. The summed E-state index contributed by atoms with van der Waals surface area (Å²) < 4.78 is 12.2. The first-order valence-corrected chi connectivity index (χ1v) is 26.3. The van der Waals surface area contributed by atoms with Crippen molar-refractivity contribution in [3.05, 3.63) is 117 Å². The monoisotopic (exact) mass is 977 g/mol. The molecule has 9 nitrogen and oxygen atoms in total. The van der Waals surface area contributed by atoms with Gasteiger partial charge >= 0.3 is 11.9 Å². The van der Waals surface area contributed by atoms with Crippen LogP contribution in [-0.4, -0.2) is 43.6 Å². The fraction of sp³-hybridized carbons (Fsp3) is 0.509. The summed E-state index contributed by atoms with van der Waals surface area (Å²) in [5.74, 6) is -0.661. The first-order valence-electron chi connectivity index (χ1n) is 22.7. The molecule has 0 radical (unpaired) electrons. The maximum Gasteiger partial charge on any atom is 0.349 e. The number of carbonyl (C=O) groups is 2. The van der Waals surface area contributed by atoms with Crippen molar-refractivity contribution >= 4 is 63.8 Å². The largest absolute Gasteiger partial charge is 0.511 e. The molecule has 0 saturated heterocycles. The number of aliphatic hydroxyl groups excluding tert-OH is 4. The van der Waals surface area contributed by atoms with Crippen LogP contribution in [0.3, 0.4) is 0 Å². The van der Waals surface area contributed by atoms with Crippen LogP contribution >= 0.6 is 46.2 Å². The zero-order valence-corrected chi connectivity index (χ0v) is 44.3. The van der Waals surface area contributed by atoms with Gasteiger partial charge in [0.2, 0.25) is 0 Å². The lowest BCUT2D eigenvalue weighted by Crippen LogP contribution is -2.44. The highest BCUT2D eigenvalue weighted by molar-refractivity contribution is 8.04. The van der Waals surface area contributed by atoms with Crippen LogP contribution in [0, 0.1) is 32.6 Å². The van der Waals surface area contributed by atoms with E-state index < -0.39 is 23.1 Å². The van der Waals surface area contributed by atoms with Crippen LogP contribution in [-0.2, 0) is 55.9 Å². The molecular weight excluding hydrogens is 907 g/mol. The lowest BCUT2D eigenvalue weighted by molar-refractivity contribution is -0.165. The highest BCUT2D eigenvalue weighted by Crippen LogP contribution is 2.48. The Bertz CT molecular complexity index is 2460. The maximum absolute atomic E-state index is 13.2. The third-order valence-corrected chi connectivity index (χ3v) is 17.2. The second kappa shape index (κ2) is 21.3. The molecule has 0 aliphatic carbocycles. The molecule has 0 spiro atoms. The Balaban J connectivity index is 0.000000247. The summed E-state index contributed by atoms with van der Waals surface area (Å²) in [5.41, 5.74) is 14.3. The van der Waals surface area contributed by atoms with Crippen molar-refractivity contribution in [2.75, 3.05) is 5.73 Å². The van der Waals surface area contributed by atoms with Crippen LogP contribution in [0.15, 0.2) is 76.9 Å². The molecule has 66 heavy (non-hydrogen) atoms. The molecule has 2 aliphatic heterocycles. The van der Waals surface area contributed by atoms with E-state index in [1.165, 1.54) is 34.7 Å². The van der Waals surface area contributed by atoms with Crippen molar-refractivity contribution in [1.82, 2.24) is 0 Å². The number of esters is 2. The number of thioether (sulfide) groups is 2. The van der Waals surface area contributed by atoms with Crippen molar-refractivity contribution in [3.63, 3.8) is 0 Å². The van der Waals surface area contributed by atoms with Gasteiger partial charge in [0.05, 0.1) is 13.2 Å². The van der Waals surface area contributed by atoms with Crippen molar-refractivity contribution in [1.29, 1.82) is 0 Å². The van der Waals surface area contributed by atoms with E-state index >= 15 is 0 Å². The number of rotatable bonds is 14. The molecule has 2 atom stereocenters. The average molecular weight is 978 g/mol. The minimum atomic E-state index is -0.788.